The maximum Gasteiger partial charge on any atom is 0.330 e. The number of benzene rings is 1. The van der Waals surface area contributed by atoms with Gasteiger partial charge in [0.05, 0.1) is 5.92 Å². The van der Waals surface area contributed by atoms with Crippen LogP contribution in [0.1, 0.15) is 19.4 Å². The second-order valence-electron chi connectivity index (χ2n) is 8.20. The number of carboxylic acid groups (broad SMARTS) is 1. The Labute approximate surface area is 226 Å². The number of hydrogen-bond acceptors (Lipinski definition) is 6. The summed E-state index contributed by atoms with van der Waals surface area (Å²) in [5.74, 6) is -1.12. The SMILES string of the molecule is C=C/C(=C\C=C(/C)N=C(NC(=O)N(C=O)C[C@H](C)C(=O)O)N(C)Cc1ccc(Cl)cc1)Oc1ccccn1. The summed E-state index contributed by atoms with van der Waals surface area (Å²) < 4.78 is 5.68. The third-order valence-corrected chi connectivity index (χ3v) is 5.28. The highest BCUT2D eigenvalue weighted by molar-refractivity contribution is 6.30. The standard InChI is InChI=1S/C27H30ClN5O5/c1-5-23(38-24-8-6-7-15-29-24)14-9-20(3)30-26(32(4)17-21-10-12-22(28)13-11-21)31-27(37)33(18-34)16-19(2)25(35)36/h5-15,18-19H,1,16-17H2,2-4H3,(H,35,36)(H,30,31,37)/b20-9+,23-14+/t19-/m0/s1. The number of halogens is 1. The van der Waals surface area contributed by atoms with Crippen LogP contribution < -0.4 is 10.1 Å². The van der Waals surface area contributed by atoms with Crippen molar-refractivity contribution in [3.05, 3.63) is 95.5 Å². The molecule has 0 aliphatic heterocycles. The molecule has 0 unspecified atom stereocenters. The Kier molecular flexibility index (Phi) is 11.7. The molecule has 11 heteroatoms. The van der Waals surface area contributed by atoms with Crippen molar-refractivity contribution in [3.63, 3.8) is 0 Å². The first-order chi connectivity index (χ1) is 18.1. The van der Waals surface area contributed by atoms with Gasteiger partial charge in [0.1, 0.15) is 5.76 Å². The summed E-state index contributed by atoms with van der Waals surface area (Å²) >= 11 is 5.98. The highest BCUT2D eigenvalue weighted by Crippen LogP contribution is 2.13. The van der Waals surface area contributed by atoms with Gasteiger partial charge in [-0.2, -0.15) is 0 Å². The van der Waals surface area contributed by atoms with Crippen LogP contribution in [0.15, 0.2) is 89.9 Å². The highest BCUT2D eigenvalue weighted by Gasteiger charge is 2.22. The molecule has 3 amide bonds. The van der Waals surface area contributed by atoms with Crippen LogP contribution in [0.4, 0.5) is 4.79 Å². The molecule has 0 spiro atoms. The molecule has 0 saturated heterocycles. The molecule has 2 N–H and O–H groups in total. The summed E-state index contributed by atoms with van der Waals surface area (Å²) in [6.45, 7) is 6.91. The number of imide groups is 1. The zero-order valence-electron chi connectivity index (χ0n) is 21.4. The summed E-state index contributed by atoms with van der Waals surface area (Å²) in [6.07, 6.45) is 6.70. The number of guanidine groups is 1. The fourth-order valence-electron chi connectivity index (χ4n) is 2.94. The number of urea groups is 1. The topological polar surface area (TPSA) is 124 Å². The van der Waals surface area contributed by atoms with Gasteiger partial charge in [0.25, 0.3) is 0 Å². The number of nitrogens with zero attached hydrogens (tertiary/aromatic N) is 4. The lowest BCUT2D eigenvalue weighted by Gasteiger charge is -2.25. The van der Waals surface area contributed by atoms with Gasteiger partial charge in [-0.3, -0.25) is 19.8 Å². The Morgan fingerprint density at radius 2 is 1.95 bits per heavy atom. The number of carbonyl (C=O) groups is 3. The molecule has 0 aliphatic rings. The Bertz CT molecular complexity index is 1210. The maximum absolute atomic E-state index is 12.8. The minimum absolute atomic E-state index is 0.132. The van der Waals surface area contributed by atoms with E-state index in [-0.39, 0.29) is 18.9 Å². The quantitative estimate of drug-likeness (QED) is 0.142. The Morgan fingerprint density at radius 3 is 2.53 bits per heavy atom. The number of pyridine rings is 1. The van der Waals surface area contributed by atoms with Crippen molar-refractivity contribution in [1.29, 1.82) is 0 Å². The van der Waals surface area contributed by atoms with Crippen LogP contribution in [0.3, 0.4) is 0 Å². The van der Waals surface area contributed by atoms with Gasteiger partial charge in [0.2, 0.25) is 18.2 Å². The average molecular weight is 540 g/mol. The van der Waals surface area contributed by atoms with Gasteiger partial charge in [-0.05, 0) is 48.9 Å². The van der Waals surface area contributed by atoms with Gasteiger partial charge in [0, 0.05) is 43.1 Å². The lowest BCUT2D eigenvalue weighted by molar-refractivity contribution is -0.141. The number of ether oxygens (including phenoxy) is 1. The van der Waals surface area contributed by atoms with E-state index in [0.717, 1.165) is 10.5 Å². The van der Waals surface area contributed by atoms with Gasteiger partial charge >= 0.3 is 12.0 Å². The number of aliphatic carboxylic acids is 1. The van der Waals surface area contributed by atoms with E-state index < -0.39 is 17.9 Å². The number of rotatable bonds is 11. The largest absolute Gasteiger partial charge is 0.481 e. The second-order valence-corrected chi connectivity index (χ2v) is 8.63. The van der Waals surface area contributed by atoms with Crippen LogP contribution in [0.5, 0.6) is 5.88 Å². The summed E-state index contributed by atoms with van der Waals surface area (Å²) in [5.41, 5.74) is 1.38. The molecular formula is C27H30ClN5O5. The first kappa shape index (κ1) is 29.8. The monoisotopic (exact) mass is 539 g/mol. The van der Waals surface area contributed by atoms with Crippen molar-refractivity contribution in [1.82, 2.24) is 20.1 Å². The smallest absolute Gasteiger partial charge is 0.330 e. The number of allylic oxidation sites excluding steroid dienone is 4. The molecule has 0 radical (unpaired) electrons. The molecule has 1 aromatic heterocycles. The molecular weight excluding hydrogens is 510 g/mol. The maximum atomic E-state index is 12.8. The van der Waals surface area contributed by atoms with Crippen LogP contribution in [-0.2, 0) is 16.1 Å². The molecule has 1 heterocycles. The fraction of sp³-hybridized carbons (Fsp3) is 0.222. The van der Waals surface area contributed by atoms with Gasteiger partial charge in [0.15, 0.2) is 0 Å². The van der Waals surface area contributed by atoms with Crippen LogP contribution in [0.2, 0.25) is 5.02 Å². The van der Waals surface area contributed by atoms with E-state index in [0.29, 0.717) is 28.9 Å². The predicted molar refractivity (Wildman–Crippen MR) is 145 cm³/mol. The normalized spacial score (nSPS) is 12.8. The predicted octanol–water partition coefficient (Wildman–Crippen LogP) is 4.46. The first-order valence-electron chi connectivity index (χ1n) is 11.5. The van der Waals surface area contributed by atoms with Crippen LogP contribution in [0, 0.1) is 5.92 Å². The number of hydrogen-bond donors (Lipinski definition) is 2. The van der Waals surface area contributed by atoms with Crippen molar-refractivity contribution in [2.24, 2.45) is 10.9 Å². The number of carbonyl (C=O) groups excluding carboxylic acids is 2. The molecule has 0 aliphatic carbocycles. The number of aliphatic imine (C=N–C) groups is 1. The van der Waals surface area contributed by atoms with Crippen molar-refractivity contribution in [2.45, 2.75) is 20.4 Å². The van der Waals surface area contributed by atoms with E-state index in [4.69, 9.17) is 21.4 Å². The minimum Gasteiger partial charge on any atom is -0.481 e. The van der Waals surface area contributed by atoms with Gasteiger partial charge < -0.3 is 14.7 Å². The molecule has 1 atom stereocenters. The Balaban J connectivity index is 2.31. The molecule has 38 heavy (non-hydrogen) atoms. The van der Waals surface area contributed by atoms with Gasteiger partial charge in [-0.15, -0.1) is 0 Å². The molecule has 2 aromatic rings. The zero-order valence-corrected chi connectivity index (χ0v) is 22.1. The zero-order chi connectivity index (χ0) is 28.1. The van der Waals surface area contributed by atoms with Crippen molar-refractivity contribution < 1.29 is 24.2 Å². The molecule has 2 rings (SSSR count). The Hall–Kier alpha value is -4.44. The lowest BCUT2D eigenvalue weighted by atomic mass is 10.2. The van der Waals surface area contributed by atoms with Crippen LogP contribution >= 0.6 is 11.6 Å². The van der Waals surface area contributed by atoms with E-state index in [1.807, 2.05) is 12.1 Å². The van der Waals surface area contributed by atoms with E-state index in [9.17, 15) is 14.4 Å². The second kappa shape index (κ2) is 15.0. The van der Waals surface area contributed by atoms with Crippen molar-refractivity contribution >= 4 is 36.0 Å². The highest BCUT2D eigenvalue weighted by atomic mass is 35.5. The third-order valence-electron chi connectivity index (χ3n) is 5.03. The number of amides is 3. The molecule has 0 bridgehead atoms. The van der Waals surface area contributed by atoms with E-state index in [1.54, 1.807) is 67.6 Å². The lowest BCUT2D eigenvalue weighted by Crippen LogP contribution is -2.49. The number of nitrogens with one attached hydrogen (secondary N) is 1. The summed E-state index contributed by atoms with van der Waals surface area (Å²) in [5, 5.41) is 12.3. The number of aromatic nitrogens is 1. The van der Waals surface area contributed by atoms with Crippen LogP contribution in [-0.4, -0.2) is 57.9 Å². The van der Waals surface area contributed by atoms with Crippen molar-refractivity contribution in [2.75, 3.05) is 13.6 Å². The molecule has 200 valence electrons. The molecule has 0 fully saturated rings. The third kappa shape index (κ3) is 9.90. The molecule has 1 aromatic carbocycles. The van der Waals surface area contributed by atoms with Gasteiger partial charge in [-0.1, -0.05) is 43.3 Å². The average Bonchev–Trinajstić information content (AvgIpc) is 2.90. The minimum atomic E-state index is -1.13. The van der Waals surface area contributed by atoms with E-state index in [2.05, 4.69) is 21.9 Å². The fourth-order valence-corrected chi connectivity index (χ4v) is 3.07. The van der Waals surface area contributed by atoms with E-state index in [1.165, 1.54) is 13.0 Å². The molecule has 0 saturated carbocycles. The first-order valence-corrected chi connectivity index (χ1v) is 11.9. The molecule has 10 nitrogen and oxygen atoms in total. The van der Waals surface area contributed by atoms with Gasteiger partial charge in [-0.25, -0.2) is 14.8 Å². The van der Waals surface area contributed by atoms with Crippen LogP contribution in [0.25, 0.3) is 0 Å². The van der Waals surface area contributed by atoms with E-state index >= 15 is 0 Å². The summed E-state index contributed by atoms with van der Waals surface area (Å²) in [6, 6.07) is 11.6. The van der Waals surface area contributed by atoms with Crippen molar-refractivity contribution in [3.8, 4) is 5.88 Å². The Morgan fingerprint density at radius 1 is 1.24 bits per heavy atom. The summed E-state index contributed by atoms with van der Waals surface area (Å²) in [7, 11) is 1.71. The summed E-state index contributed by atoms with van der Waals surface area (Å²) in [4.78, 5) is 46.6. The number of carboxylic acids is 1.